The van der Waals surface area contributed by atoms with Crippen LogP contribution >= 0.6 is 23.2 Å². The van der Waals surface area contributed by atoms with Crippen molar-refractivity contribution >= 4 is 28.8 Å². The van der Waals surface area contributed by atoms with Crippen molar-refractivity contribution in [3.8, 4) is 11.3 Å². The zero-order chi connectivity index (χ0) is 11.8. The third-order valence-corrected chi connectivity index (χ3v) is 3.26. The minimum atomic E-state index is 0.630. The molecule has 3 rings (SSSR count). The van der Waals surface area contributed by atoms with Crippen molar-refractivity contribution in [2.24, 2.45) is 0 Å². The summed E-state index contributed by atoms with van der Waals surface area (Å²) in [5.74, 6) is 0. The second-order valence-corrected chi connectivity index (χ2v) is 4.49. The maximum absolute atomic E-state index is 6.18. The van der Waals surface area contributed by atoms with E-state index in [1.165, 1.54) is 0 Å². The number of benzene rings is 1. The number of pyridine rings is 1. The highest BCUT2D eigenvalue weighted by molar-refractivity contribution is 6.34. The van der Waals surface area contributed by atoms with Crippen LogP contribution in [0.15, 0.2) is 48.8 Å². The average Bonchev–Trinajstić information content (AvgIpc) is 2.75. The molecule has 0 saturated heterocycles. The SMILES string of the molecule is Clc1ccccc1-c1cnc2c(Cl)cccn12. The lowest BCUT2D eigenvalue weighted by Gasteiger charge is -2.04. The van der Waals surface area contributed by atoms with Gasteiger partial charge >= 0.3 is 0 Å². The van der Waals surface area contributed by atoms with Gasteiger partial charge in [0, 0.05) is 16.8 Å². The lowest BCUT2D eigenvalue weighted by atomic mass is 10.2. The molecule has 0 N–H and O–H groups in total. The van der Waals surface area contributed by atoms with Gasteiger partial charge in [-0.2, -0.15) is 0 Å². The van der Waals surface area contributed by atoms with Gasteiger partial charge in [0.1, 0.15) is 0 Å². The van der Waals surface area contributed by atoms with Crippen LogP contribution in [-0.4, -0.2) is 9.38 Å². The highest BCUT2D eigenvalue weighted by Gasteiger charge is 2.10. The maximum atomic E-state index is 6.18. The van der Waals surface area contributed by atoms with Gasteiger partial charge in [0.2, 0.25) is 0 Å². The van der Waals surface area contributed by atoms with Gasteiger partial charge in [-0.3, -0.25) is 4.40 Å². The number of halogens is 2. The second kappa shape index (κ2) is 4.06. The van der Waals surface area contributed by atoms with Gasteiger partial charge < -0.3 is 0 Å². The Morgan fingerprint density at radius 3 is 2.53 bits per heavy atom. The number of hydrogen-bond donors (Lipinski definition) is 0. The molecule has 3 aromatic rings. The van der Waals surface area contributed by atoms with Crippen LogP contribution in [0, 0.1) is 0 Å². The highest BCUT2D eigenvalue weighted by Crippen LogP contribution is 2.29. The number of fused-ring (bicyclic) bond motifs is 1. The van der Waals surface area contributed by atoms with Crippen molar-refractivity contribution in [2.45, 2.75) is 0 Å². The molecule has 0 unspecified atom stereocenters. The van der Waals surface area contributed by atoms with Crippen LogP contribution in [0.25, 0.3) is 16.9 Å². The molecule has 84 valence electrons. The summed E-state index contributed by atoms with van der Waals surface area (Å²) in [7, 11) is 0. The van der Waals surface area contributed by atoms with Crippen LogP contribution in [-0.2, 0) is 0 Å². The molecule has 0 fully saturated rings. The summed E-state index contributed by atoms with van der Waals surface area (Å²) in [6.45, 7) is 0. The summed E-state index contributed by atoms with van der Waals surface area (Å²) in [6, 6.07) is 11.4. The first-order valence-electron chi connectivity index (χ1n) is 5.14. The number of hydrogen-bond acceptors (Lipinski definition) is 1. The van der Waals surface area contributed by atoms with E-state index < -0.39 is 0 Å². The van der Waals surface area contributed by atoms with Gasteiger partial charge in [-0.1, -0.05) is 41.4 Å². The molecule has 4 heteroatoms. The van der Waals surface area contributed by atoms with E-state index >= 15 is 0 Å². The molecule has 2 aromatic heterocycles. The molecular formula is C13H8Cl2N2. The van der Waals surface area contributed by atoms with Crippen molar-refractivity contribution in [3.05, 3.63) is 58.8 Å². The minimum absolute atomic E-state index is 0.630. The van der Waals surface area contributed by atoms with Gasteiger partial charge in [-0.15, -0.1) is 0 Å². The summed E-state index contributed by atoms with van der Waals surface area (Å²) < 4.78 is 1.93. The van der Waals surface area contributed by atoms with Gasteiger partial charge in [-0.25, -0.2) is 4.98 Å². The number of aromatic nitrogens is 2. The van der Waals surface area contributed by atoms with E-state index in [2.05, 4.69) is 4.98 Å². The third kappa shape index (κ3) is 1.70. The van der Waals surface area contributed by atoms with Crippen molar-refractivity contribution in [2.75, 3.05) is 0 Å². The Kier molecular flexibility index (Phi) is 2.54. The Labute approximate surface area is 108 Å². The van der Waals surface area contributed by atoms with Crippen LogP contribution in [0.4, 0.5) is 0 Å². The molecular weight excluding hydrogens is 255 g/mol. The molecule has 0 saturated carbocycles. The van der Waals surface area contributed by atoms with Crippen LogP contribution < -0.4 is 0 Å². The predicted molar refractivity (Wildman–Crippen MR) is 70.6 cm³/mol. The normalized spacial score (nSPS) is 10.9. The van der Waals surface area contributed by atoms with E-state index in [0.717, 1.165) is 16.9 Å². The van der Waals surface area contributed by atoms with E-state index in [9.17, 15) is 0 Å². The molecule has 0 aliphatic rings. The predicted octanol–water partition coefficient (Wildman–Crippen LogP) is 4.31. The molecule has 2 heterocycles. The lowest BCUT2D eigenvalue weighted by Crippen LogP contribution is -1.88. The fourth-order valence-corrected chi connectivity index (χ4v) is 2.29. The third-order valence-electron chi connectivity index (χ3n) is 2.64. The Morgan fingerprint density at radius 2 is 1.71 bits per heavy atom. The molecule has 0 aliphatic heterocycles. The van der Waals surface area contributed by atoms with E-state index in [1.54, 1.807) is 6.20 Å². The zero-order valence-electron chi connectivity index (χ0n) is 8.77. The molecule has 17 heavy (non-hydrogen) atoms. The molecule has 2 nitrogen and oxygen atoms in total. The van der Waals surface area contributed by atoms with Crippen LogP contribution in [0.3, 0.4) is 0 Å². The second-order valence-electron chi connectivity index (χ2n) is 3.67. The Balaban J connectivity index is 2.33. The van der Waals surface area contributed by atoms with Gasteiger partial charge in [-0.05, 0) is 18.2 Å². The summed E-state index contributed by atoms with van der Waals surface area (Å²) in [5, 5.41) is 1.33. The smallest absolute Gasteiger partial charge is 0.156 e. The molecule has 0 radical (unpaired) electrons. The highest BCUT2D eigenvalue weighted by atomic mass is 35.5. The van der Waals surface area contributed by atoms with Gasteiger partial charge in [0.25, 0.3) is 0 Å². The number of imidazole rings is 1. The van der Waals surface area contributed by atoms with Crippen molar-refractivity contribution in [1.82, 2.24) is 9.38 Å². The topological polar surface area (TPSA) is 17.3 Å². The lowest BCUT2D eigenvalue weighted by molar-refractivity contribution is 1.19. The molecule has 1 aromatic carbocycles. The molecule has 0 spiro atoms. The Hall–Kier alpha value is -1.51. The maximum Gasteiger partial charge on any atom is 0.156 e. The van der Waals surface area contributed by atoms with E-state index in [4.69, 9.17) is 23.2 Å². The van der Waals surface area contributed by atoms with Crippen LogP contribution in [0.2, 0.25) is 10.0 Å². The van der Waals surface area contributed by atoms with Crippen molar-refractivity contribution < 1.29 is 0 Å². The Bertz CT molecular complexity index is 689. The van der Waals surface area contributed by atoms with Crippen LogP contribution in [0.5, 0.6) is 0 Å². The van der Waals surface area contributed by atoms with Crippen molar-refractivity contribution in [3.63, 3.8) is 0 Å². The standard InChI is InChI=1S/C13H8Cl2N2/c14-10-5-2-1-4-9(10)12-8-16-13-11(15)6-3-7-17(12)13/h1-8H. The first kappa shape index (κ1) is 10.6. The molecule has 0 amide bonds. The summed E-state index contributed by atoms with van der Waals surface area (Å²) in [6.07, 6.45) is 3.70. The Morgan fingerprint density at radius 1 is 0.941 bits per heavy atom. The fourth-order valence-electron chi connectivity index (χ4n) is 1.84. The summed E-state index contributed by atoms with van der Waals surface area (Å²) in [5.41, 5.74) is 2.63. The molecule has 0 bridgehead atoms. The minimum Gasteiger partial charge on any atom is -0.298 e. The van der Waals surface area contributed by atoms with Crippen LogP contribution in [0.1, 0.15) is 0 Å². The first-order chi connectivity index (χ1) is 8.27. The first-order valence-corrected chi connectivity index (χ1v) is 5.89. The quantitative estimate of drug-likeness (QED) is 0.639. The molecule has 0 aliphatic carbocycles. The zero-order valence-corrected chi connectivity index (χ0v) is 10.3. The summed E-state index contributed by atoms with van der Waals surface area (Å²) in [4.78, 5) is 4.31. The van der Waals surface area contributed by atoms with E-state index in [1.807, 2.05) is 47.0 Å². The van der Waals surface area contributed by atoms with Gasteiger partial charge in [0.15, 0.2) is 5.65 Å². The van der Waals surface area contributed by atoms with E-state index in [0.29, 0.717) is 10.0 Å². The largest absolute Gasteiger partial charge is 0.298 e. The number of rotatable bonds is 1. The fraction of sp³-hybridized carbons (Fsp3) is 0. The summed E-state index contributed by atoms with van der Waals surface area (Å²) >= 11 is 12.3. The van der Waals surface area contributed by atoms with Gasteiger partial charge in [0.05, 0.1) is 16.9 Å². The van der Waals surface area contributed by atoms with E-state index in [-0.39, 0.29) is 0 Å². The number of nitrogens with zero attached hydrogens (tertiary/aromatic N) is 2. The molecule has 0 atom stereocenters. The monoisotopic (exact) mass is 262 g/mol. The average molecular weight is 263 g/mol. The van der Waals surface area contributed by atoms with Crippen molar-refractivity contribution in [1.29, 1.82) is 0 Å².